The standard InChI is InChI=1S/C24H32N4O4S.C2H2O4/c1-19-4-6-20(7-5-19)17-25-18-24(29)26-22-16-21(8-9-23(22)27-10-2-3-11-27)33(30,31)28-12-14-32-15-13-28;3-1(4)2(5)6/h4-9,16,25H,2-3,10-15,17-18H2,1H3,(H,26,29);(H,3,4)(H,5,6). The molecular formula is C26H34N4O8S. The van der Waals surface area contributed by atoms with E-state index in [0.717, 1.165) is 37.2 Å². The van der Waals surface area contributed by atoms with Crippen molar-refractivity contribution in [3.8, 4) is 0 Å². The van der Waals surface area contributed by atoms with Crippen LogP contribution in [0.25, 0.3) is 0 Å². The van der Waals surface area contributed by atoms with Gasteiger partial charge in [-0.25, -0.2) is 18.0 Å². The van der Waals surface area contributed by atoms with Crippen molar-refractivity contribution in [3.05, 3.63) is 53.6 Å². The van der Waals surface area contributed by atoms with Crippen LogP contribution in [0.4, 0.5) is 11.4 Å². The third-order valence-electron chi connectivity index (χ3n) is 6.21. The number of anilines is 2. The van der Waals surface area contributed by atoms with E-state index in [9.17, 15) is 13.2 Å². The average molecular weight is 563 g/mol. The van der Waals surface area contributed by atoms with Crippen molar-refractivity contribution < 1.29 is 37.8 Å². The normalized spacial score (nSPS) is 15.8. The van der Waals surface area contributed by atoms with Gasteiger partial charge in [-0.15, -0.1) is 0 Å². The fourth-order valence-electron chi connectivity index (χ4n) is 4.17. The van der Waals surface area contributed by atoms with E-state index in [1.54, 1.807) is 12.1 Å². The van der Waals surface area contributed by atoms with Crippen LogP contribution < -0.4 is 15.5 Å². The molecule has 2 aliphatic heterocycles. The summed E-state index contributed by atoms with van der Waals surface area (Å²) in [7, 11) is -3.65. The van der Waals surface area contributed by atoms with Gasteiger partial charge in [0.15, 0.2) is 0 Å². The third-order valence-corrected chi connectivity index (χ3v) is 8.11. The Labute approximate surface area is 227 Å². The van der Waals surface area contributed by atoms with Crippen molar-refractivity contribution in [2.75, 3.05) is 56.2 Å². The summed E-state index contributed by atoms with van der Waals surface area (Å²) in [6, 6.07) is 13.2. The molecule has 0 unspecified atom stereocenters. The van der Waals surface area contributed by atoms with Gasteiger partial charge >= 0.3 is 11.9 Å². The minimum Gasteiger partial charge on any atom is -0.473 e. The number of carbonyl (C=O) groups is 3. The van der Waals surface area contributed by atoms with Gasteiger partial charge in [-0.2, -0.15) is 4.31 Å². The van der Waals surface area contributed by atoms with Crippen molar-refractivity contribution in [2.24, 2.45) is 0 Å². The molecule has 0 atom stereocenters. The lowest BCUT2D eigenvalue weighted by molar-refractivity contribution is -0.159. The summed E-state index contributed by atoms with van der Waals surface area (Å²) in [6.07, 6.45) is 2.17. The molecule has 39 heavy (non-hydrogen) atoms. The fourth-order valence-corrected chi connectivity index (χ4v) is 5.60. The quantitative estimate of drug-likeness (QED) is 0.346. The van der Waals surface area contributed by atoms with Crippen LogP contribution in [-0.2, 0) is 35.7 Å². The number of nitrogens with zero attached hydrogens (tertiary/aromatic N) is 2. The zero-order valence-electron chi connectivity index (χ0n) is 21.8. The fraction of sp³-hybridized carbons (Fsp3) is 0.423. The molecule has 2 aliphatic rings. The Kier molecular flexibility index (Phi) is 10.8. The monoisotopic (exact) mass is 562 g/mol. The molecule has 0 radical (unpaired) electrons. The maximum Gasteiger partial charge on any atom is 0.414 e. The molecule has 212 valence electrons. The molecule has 0 aliphatic carbocycles. The van der Waals surface area contributed by atoms with E-state index in [2.05, 4.69) is 15.5 Å². The van der Waals surface area contributed by atoms with E-state index < -0.39 is 22.0 Å². The van der Waals surface area contributed by atoms with Crippen LogP contribution in [0.5, 0.6) is 0 Å². The second-order valence-corrected chi connectivity index (χ2v) is 11.1. The lowest BCUT2D eigenvalue weighted by Crippen LogP contribution is -2.40. The van der Waals surface area contributed by atoms with Gasteiger partial charge in [0.2, 0.25) is 15.9 Å². The number of amides is 1. The smallest absolute Gasteiger partial charge is 0.414 e. The van der Waals surface area contributed by atoms with Gasteiger partial charge in [0, 0.05) is 32.7 Å². The largest absolute Gasteiger partial charge is 0.473 e. The van der Waals surface area contributed by atoms with Crippen molar-refractivity contribution >= 4 is 39.2 Å². The molecule has 12 nitrogen and oxygen atoms in total. The summed E-state index contributed by atoms with van der Waals surface area (Å²) in [4.78, 5) is 33.3. The van der Waals surface area contributed by atoms with Gasteiger partial charge in [-0.05, 0) is 43.5 Å². The van der Waals surface area contributed by atoms with Gasteiger partial charge in [0.05, 0.1) is 36.0 Å². The van der Waals surface area contributed by atoms with E-state index in [1.165, 1.54) is 9.87 Å². The Morgan fingerprint density at radius 2 is 1.54 bits per heavy atom. The molecule has 0 aromatic heterocycles. The van der Waals surface area contributed by atoms with Gasteiger partial charge in [0.1, 0.15) is 0 Å². The van der Waals surface area contributed by atoms with Crippen LogP contribution in [0.2, 0.25) is 0 Å². The maximum absolute atomic E-state index is 13.1. The van der Waals surface area contributed by atoms with E-state index >= 15 is 0 Å². The number of sulfonamides is 1. The highest BCUT2D eigenvalue weighted by atomic mass is 32.2. The number of carbonyl (C=O) groups excluding carboxylic acids is 1. The first-order valence-electron chi connectivity index (χ1n) is 12.6. The van der Waals surface area contributed by atoms with E-state index in [-0.39, 0.29) is 17.3 Å². The summed E-state index contributed by atoms with van der Waals surface area (Å²) in [5.74, 6) is -3.85. The van der Waals surface area contributed by atoms with E-state index in [0.29, 0.717) is 38.5 Å². The number of hydrogen-bond donors (Lipinski definition) is 4. The highest BCUT2D eigenvalue weighted by molar-refractivity contribution is 7.89. The first kappa shape index (κ1) is 30.0. The first-order valence-corrected chi connectivity index (χ1v) is 14.0. The first-order chi connectivity index (χ1) is 18.6. The molecule has 2 saturated heterocycles. The van der Waals surface area contributed by atoms with Gasteiger partial charge in [-0.1, -0.05) is 29.8 Å². The third kappa shape index (κ3) is 8.75. The predicted octanol–water partition coefficient (Wildman–Crippen LogP) is 1.50. The summed E-state index contributed by atoms with van der Waals surface area (Å²) in [6.45, 7) is 5.99. The molecule has 4 N–H and O–H groups in total. The summed E-state index contributed by atoms with van der Waals surface area (Å²) in [5, 5.41) is 20.9. The number of nitrogens with one attached hydrogen (secondary N) is 2. The second kappa shape index (κ2) is 14.0. The average Bonchev–Trinajstić information content (AvgIpc) is 3.45. The molecule has 0 bridgehead atoms. The number of carboxylic acids is 2. The van der Waals surface area contributed by atoms with Crippen LogP contribution in [0, 0.1) is 6.92 Å². The Morgan fingerprint density at radius 1 is 0.923 bits per heavy atom. The van der Waals surface area contributed by atoms with Crippen LogP contribution in [0.15, 0.2) is 47.4 Å². The number of carboxylic acid groups (broad SMARTS) is 2. The molecule has 0 spiro atoms. The van der Waals surface area contributed by atoms with Crippen LogP contribution in [0.1, 0.15) is 24.0 Å². The lowest BCUT2D eigenvalue weighted by atomic mass is 10.1. The highest BCUT2D eigenvalue weighted by Gasteiger charge is 2.28. The molecule has 2 fully saturated rings. The highest BCUT2D eigenvalue weighted by Crippen LogP contribution is 2.32. The second-order valence-electron chi connectivity index (χ2n) is 9.14. The predicted molar refractivity (Wildman–Crippen MR) is 144 cm³/mol. The van der Waals surface area contributed by atoms with Crippen molar-refractivity contribution in [1.29, 1.82) is 0 Å². The molecular weight excluding hydrogens is 528 g/mol. The SMILES string of the molecule is Cc1ccc(CNCC(=O)Nc2cc(S(=O)(=O)N3CCOCC3)ccc2N2CCCC2)cc1.O=C(O)C(=O)O. The molecule has 13 heteroatoms. The van der Waals surface area contributed by atoms with Crippen molar-refractivity contribution in [3.63, 3.8) is 0 Å². The number of ether oxygens (including phenoxy) is 1. The summed E-state index contributed by atoms with van der Waals surface area (Å²) >= 11 is 0. The van der Waals surface area contributed by atoms with Gasteiger partial charge < -0.3 is 30.5 Å². The Hall–Kier alpha value is -3.52. The van der Waals surface area contributed by atoms with Crippen LogP contribution >= 0.6 is 0 Å². The van der Waals surface area contributed by atoms with Crippen LogP contribution in [0.3, 0.4) is 0 Å². The minimum atomic E-state index is -3.65. The number of morpholine rings is 1. The molecule has 2 aromatic rings. The minimum absolute atomic E-state index is 0.133. The van der Waals surface area contributed by atoms with Gasteiger partial charge in [0.25, 0.3) is 0 Å². The van der Waals surface area contributed by atoms with Crippen LogP contribution in [-0.4, -0.2) is 86.7 Å². The number of aryl methyl sites for hydroxylation is 1. The molecule has 2 aromatic carbocycles. The van der Waals surface area contributed by atoms with E-state index in [4.69, 9.17) is 24.5 Å². The zero-order valence-corrected chi connectivity index (χ0v) is 22.6. The molecule has 2 heterocycles. The van der Waals surface area contributed by atoms with Crippen molar-refractivity contribution in [2.45, 2.75) is 31.2 Å². The number of hydrogen-bond acceptors (Lipinski definition) is 8. The summed E-state index contributed by atoms with van der Waals surface area (Å²) < 4.78 is 33.0. The van der Waals surface area contributed by atoms with Crippen molar-refractivity contribution in [1.82, 2.24) is 9.62 Å². The zero-order chi connectivity index (χ0) is 28.4. The Bertz CT molecular complexity index is 1240. The summed E-state index contributed by atoms with van der Waals surface area (Å²) in [5.41, 5.74) is 3.69. The van der Waals surface area contributed by atoms with Gasteiger partial charge in [-0.3, -0.25) is 4.79 Å². The lowest BCUT2D eigenvalue weighted by Gasteiger charge is -2.27. The molecule has 0 saturated carbocycles. The number of benzene rings is 2. The number of rotatable bonds is 8. The number of aliphatic carboxylic acids is 2. The molecule has 1 amide bonds. The molecule has 4 rings (SSSR count). The topological polar surface area (TPSA) is 166 Å². The maximum atomic E-state index is 13.1. The Morgan fingerprint density at radius 3 is 2.13 bits per heavy atom. The van der Waals surface area contributed by atoms with E-state index in [1.807, 2.05) is 37.3 Å². The Balaban J connectivity index is 0.000000631.